The second kappa shape index (κ2) is 8.50. The molecular weight excluding hydrogens is 366 g/mol. The molecule has 0 saturated carbocycles. The highest BCUT2D eigenvalue weighted by atomic mass is 32.2. The summed E-state index contributed by atoms with van der Waals surface area (Å²) in [5.74, 6) is -0.0319. The number of hydrogen-bond donors (Lipinski definition) is 1. The predicted molar refractivity (Wildman–Crippen MR) is 103 cm³/mol. The summed E-state index contributed by atoms with van der Waals surface area (Å²) >= 11 is 0.851. The van der Waals surface area contributed by atoms with Crippen LogP contribution in [0.5, 0.6) is 0 Å². The molecule has 1 saturated heterocycles. The SMILES string of the molecule is CN(CCOC(=O)c1ccc(/C=C2\SC(=O)NC2=O)cc1)c1ccccn1. The Balaban J connectivity index is 1.53. The van der Waals surface area contributed by atoms with Gasteiger partial charge in [0.15, 0.2) is 0 Å². The smallest absolute Gasteiger partial charge is 0.338 e. The summed E-state index contributed by atoms with van der Waals surface area (Å²) in [6.07, 6.45) is 3.31. The summed E-state index contributed by atoms with van der Waals surface area (Å²) in [7, 11) is 1.88. The maximum absolute atomic E-state index is 12.1. The first-order valence-electron chi connectivity index (χ1n) is 8.17. The molecule has 2 aromatic rings. The number of esters is 1. The summed E-state index contributed by atoms with van der Waals surface area (Å²) < 4.78 is 5.29. The summed E-state index contributed by atoms with van der Waals surface area (Å²) in [4.78, 5) is 41.3. The van der Waals surface area contributed by atoms with Crippen LogP contribution in [-0.4, -0.2) is 42.3 Å². The quantitative estimate of drug-likeness (QED) is 0.606. The Labute approximate surface area is 160 Å². The fourth-order valence-corrected chi connectivity index (χ4v) is 3.02. The number of carbonyl (C=O) groups excluding carboxylic acids is 3. The second-order valence-electron chi connectivity index (χ2n) is 5.72. The van der Waals surface area contributed by atoms with Crippen LogP contribution < -0.4 is 10.2 Å². The van der Waals surface area contributed by atoms with Crippen molar-refractivity contribution in [2.75, 3.05) is 25.1 Å². The third-order valence-corrected chi connectivity index (χ3v) is 4.60. The van der Waals surface area contributed by atoms with Crippen LogP contribution in [0.15, 0.2) is 53.6 Å². The zero-order valence-electron chi connectivity index (χ0n) is 14.5. The molecule has 2 amide bonds. The van der Waals surface area contributed by atoms with E-state index >= 15 is 0 Å². The normalized spacial score (nSPS) is 14.9. The average molecular weight is 383 g/mol. The molecule has 0 bridgehead atoms. The summed E-state index contributed by atoms with van der Waals surface area (Å²) in [6.45, 7) is 0.754. The van der Waals surface area contributed by atoms with Crippen molar-refractivity contribution in [2.24, 2.45) is 0 Å². The van der Waals surface area contributed by atoms with Crippen LogP contribution in [0, 0.1) is 0 Å². The van der Waals surface area contributed by atoms with Gasteiger partial charge < -0.3 is 9.64 Å². The molecule has 0 atom stereocenters. The van der Waals surface area contributed by atoms with Crippen molar-refractivity contribution in [1.82, 2.24) is 10.3 Å². The number of ether oxygens (including phenoxy) is 1. The molecule has 8 heteroatoms. The number of likely N-dealkylation sites (N-methyl/N-ethyl adjacent to an activating group) is 1. The first-order valence-corrected chi connectivity index (χ1v) is 8.99. The number of nitrogens with one attached hydrogen (secondary N) is 1. The van der Waals surface area contributed by atoms with Crippen LogP contribution >= 0.6 is 11.8 Å². The molecule has 0 unspecified atom stereocenters. The minimum atomic E-state index is -0.424. The van der Waals surface area contributed by atoms with Crippen molar-refractivity contribution in [3.63, 3.8) is 0 Å². The number of nitrogens with zero attached hydrogens (tertiary/aromatic N) is 2. The maximum Gasteiger partial charge on any atom is 0.338 e. The van der Waals surface area contributed by atoms with Crippen LogP contribution in [-0.2, 0) is 9.53 Å². The van der Waals surface area contributed by atoms with Crippen molar-refractivity contribution in [3.8, 4) is 0 Å². The van der Waals surface area contributed by atoms with Gasteiger partial charge in [0.2, 0.25) is 0 Å². The third kappa shape index (κ3) is 4.95. The molecule has 0 radical (unpaired) electrons. The molecule has 1 aliphatic rings. The van der Waals surface area contributed by atoms with Gasteiger partial charge in [0.25, 0.3) is 11.1 Å². The van der Waals surface area contributed by atoms with Gasteiger partial charge in [0.05, 0.1) is 17.0 Å². The minimum Gasteiger partial charge on any atom is -0.460 e. The summed E-state index contributed by atoms with van der Waals surface area (Å²) in [5, 5.41) is 1.81. The third-order valence-electron chi connectivity index (χ3n) is 3.79. The molecule has 7 nitrogen and oxygen atoms in total. The van der Waals surface area contributed by atoms with Gasteiger partial charge in [-0.1, -0.05) is 18.2 Å². The Hall–Kier alpha value is -3.13. The number of thioether (sulfide) groups is 1. The molecule has 0 spiro atoms. The van der Waals surface area contributed by atoms with E-state index in [0.29, 0.717) is 22.6 Å². The van der Waals surface area contributed by atoms with Crippen LogP contribution in [0.4, 0.5) is 10.6 Å². The first-order chi connectivity index (χ1) is 13.0. The standard InChI is InChI=1S/C19H17N3O4S/c1-22(16-4-2-3-9-20-16)10-11-26-18(24)14-7-5-13(6-8-14)12-15-17(23)21-19(25)27-15/h2-9,12H,10-11H2,1H3,(H,21,23,25)/b15-12-. The molecule has 0 aliphatic carbocycles. The summed E-state index contributed by atoms with van der Waals surface area (Å²) in [5.41, 5.74) is 1.13. The fraction of sp³-hybridized carbons (Fsp3) is 0.158. The van der Waals surface area contributed by atoms with E-state index in [1.165, 1.54) is 0 Å². The van der Waals surface area contributed by atoms with E-state index in [4.69, 9.17) is 4.74 Å². The van der Waals surface area contributed by atoms with Gasteiger partial charge in [-0.25, -0.2) is 9.78 Å². The molecule has 138 valence electrons. The van der Waals surface area contributed by atoms with E-state index in [0.717, 1.165) is 17.6 Å². The number of benzene rings is 1. The number of hydrogen-bond acceptors (Lipinski definition) is 7. The van der Waals surface area contributed by atoms with Gasteiger partial charge in [0.1, 0.15) is 12.4 Å². The number of amides is 2. The number of imide groups is 1. The van der Waals surface area contributed by atoms with Gasteiger partial charge >= 0.3 is 5.97 Å². The van der Waals surface area contributed by atoms with Crippen LogP contribution in [0.25, 0.3) is 6.08 Å². The van der Waals surface area contributed by atoms with Crippen LogP contribution in [0.3, 0.4) is 0 Å². The average Bonchev–Trinajstić information content (AvgIpc) is 2.99. The van der Waals surface area contributed by atoms with Crippen LogP contribution in [0.2, 0.25) is 0 Å². The van der Waals surface area contributed by atoms with E-state index in [9.17, 15) is 14.4 Å². The lowest BCUT2D eigenvalue weighted by Gasteiger charge is -2.17. The van der Waals surface area contributed by atoms with Gasteiger partial charge in [0, 0.05) is 13.2 Å². The van der Waals surface area contributed by atoms with E-state index < -0.39 is 11.9 Å². The predicted octanol–water partition coefficient (Wildman–Crippen LogP) is 2.70. The Morgan fingerprint density at radius 2 is 2.00 bits per heavy atom. The summed E-state index contributed by atoms with van der Waals surface area (Å²) in [6, 6.07) is 12.2. The Morgan fingerprint density at radius 3 is 2.63 bits per heavy atom. The van der Waals surface area contributed by atoms with E-state index in [1.54, 1.807) is 36.5 Å². The minimum absolute atomic E-state index is 0.233. The van der Waals surface area contributed by atoms with Crippen molar-refractivity contribution >= 4 is 40.8 Å². The molecule has 1 aromatic heterocycles. The molecule has 2 heterocycles. The highest BCUT2D eigenvalue weighted by molar-refractivity contribution is 8.18. The van der Waals surface area contributed by atoms with Crippen molar-refractivity contribution < 1.29 is 19.1 Å². The molecule has 1 fully saturated rings. The first kappa shape index (κ1) is 18.7. The molecule has 1 aromatic carbocycles. The number of aromatic nitrogens is 1. The monoisotopic (exact) mass is 383 g/mol. The van der Waals surface area contributed by atoms with E-state index in [2.05, 4.69) is 10.3 Å². The number of anilines is 1. The molecule has 3 rings (SSSR count). The van der Waals surface area contributed by atoms with Crippen molar-refractivity contribution in [1.29, 1.82) is 0 Å². The van der Waals surface area contributed by atoms with E-state index in [1.807, 2.05) is 30.1 Å². The molecule has 1 aliphatic heterocycles. The Bertz CT molecular complexity index is 882. The van der Waals surface area contributed by atoms with Crippen molar-refractivity contribution in [3.05, 3.63) is 64.7 Å². The Kier molecular flexibility index (Phi) is 5.87. The fourth-order valence-electron chi connectivity index (χ4n) is 2.34. The lowest BCUT2D eigenvalue weighted by Crippen LogP contribution is -2.24. The largest absolute Gasteiger partial charge is 0.460 e. The van der Waals surface area contributed by atoms with Gasteiger partial charge in [-0.3, -0.25) is 14.9 Å². The zero-order valence-corrected chi connectivity index (χ0v) is 15.4. The molecular formula is C19H17N3O4S. The molecule has 1 N–H and O–H groups in total. The maximum atomic E-state index is 12.1. The lowest BCUT2D eigenvalue weighted by atomic mass is 10.1. The van der Waals surface area contributed by atoms with Gasteiger partial charge in [-0.2, -0.15) is 0 Å². The number of carbonyl (C=O) groups is 3. The van der Waals surface area contributed by atoms with E-state index in [-0.39, 0.29) is 11.8 Å². The topological polar surface area (TPSA) is 88.6 Å². The number of pyridine rings is 1. The number of rotatable bonds is 6. The molecule has 27 heavy (non-hydrogen) atoms. The Morgan fingerprint density at radius 1 is 1.22 bits per heavy atom. The highest BCUT2D eigenvalue weighted by Gasteiger charge is 2.24. The second-order valence-corrected chi connectivity index (χ2v) is 6.73. The lowest BCUT2D eigenvalue weighted by molar-refractivity contribution is -0.115. The zero-order chi connectivity index (χ0) is 19.2. The van der Waals surface area contributed by atoms with Gasteiger partial charge in [-0.15, -0.1) is 0 Å². The van der Waals surface area contributed by atoms with Gasteiger partial charge in [-0.05, 0) is 47.7 Å². The highest BCUT2D eigenvalue weighted by Crippen LogP contribution is 2.25. The van der Waals surface area contributed by atoms with Crippen LogP contribution in [0.1, 0.15) is 15.9 Å². The van der Waals surface area contributed by atoms with Crippen molar-refractivity contribution in [2.45, 2.75) is 0 Å².